The lowest BCUT2D eigenvalue weighted by Crippen LogP contribution is -2.43. The number of nitrogens with one attached hydrogen (secondary N) is 1. The lowest BCUT2D eigenvalue weighted by atomic mass is 9.76. The summed E-state index contributed by atoms with van der Waals surface area (Å²) in [6.45, 7) is 8.90. The summed E-state index contributed by atoms with van der Waals surface area (Å²) in [6, 6.07) is 0.592. The van der Waals surface area contributed by atoms with Crippen molar-refractivity contribution in [2.45, 2.75) is 58.6 Å². The summed E-state index contributed by atoms with van der Waals surface area (Å²) in [5.74, 6) is 0.876. The highest BCUT2D eigenvalue weighted by atomic mass is 16.5. The minimum atomic E-state index is 0.436. The van der Waals surface area contributed by atoms with Gasteiger partial charge in [0, 0.05) is 24.6 Å². The Hall–Kier alpha value is -0.0800. The first-order chi connectivity index (χ1) is 7.18. The van der Waals surface area contributed by atoms with Gasteiger partial charge in [-0.1, -0.05) is 20.8 Å². The van der Waals surface area contributed by atoms with Crippen LogP contribution in [0.3, 0.4) is 0 Å². The molecule has 2 nitrogen and oxygen atoms in total. The van der Waals surface area contributed by atoms with Gasteiger partial charge in [0.1, 0.15) is 0 Å². The van der Waals surface area contributed by atoms with E-state index in [1.54, 1.807) is 0 Å². The smallest absolute Gasteiger partial charge is 0.0672 e. The molecule has 0 aromatic rings. The summed E-state index contributed by atoms with van der Waals surface area (Å²) in [5.41, 5.74) is 0.436. The second-order valence-electron chi connectivity index (χ2n) is 5.63. The predicted octanol–water partition coefficient (Wildman–Crippen LogP) is 2.58. The minimum Gasteiger partial charge on any atom is -0.377 e. The lowest BCUT2D eigenvalue weighted by Gasteiger charge is -2.34. The molecule has 0 aromatic heterocycles. The third-order valence-electron chi connectivity index (χ3n) is 4.12. The van der Waals surface area contributed by atoms with E-state index >= 15 is 0 Å². The Labute approximate surface area is 93.8 Å². The van der Waals surface area contributed by atoms with Crippen molar-refractivity contribution in [2.24, 2.45) is 11.3 Å². The van der Waals surface area contributed by atoms with Gasteiger partial charge in [-0.15, -0.1) is 0 Å². The molecule has 1 saturated carbocycles. The van der Waals surface area contributed by atoms with Crippen LogP contribution in [-0.2, 0) is 4.74 Å². The molecule has 1 aliphatic carbocycles. The zero-order chi connectivity index (χ0) is 10.9. The molecule has 0 aromatic carbocycles. The first kappa shape index (κ1) is 11.4. The molecular formula is C13H25NO. The minimum absolute atomic E-state index is 0.436. The molecule has 2 aliphatic rings. The van der Waals surface area contributed by atoms with Crippen LogP contribution < -0.4 is 5.32 Å². The average molecular weight is 211 g/mol. The van der Waals surface area contributed by atoms with Crippen molar-refractivity contribution >= 4 is 0 Å². The highest BCUT2D eigenvalue weighted by Gasteiger charge is 2.49. The molecule has 0 bridgehead atoms. The van der Waals surface area contributed by atoms with E-state index in [0.717, 1.165) is 19.1 Å². The third kappa shape index (κ3) is 2.36. The van der Waals surface area contributed by atoms with Crippen molar-refractivity contribution in [2.75, 3.05) is 13.2 Å². The van der Waals surface area contributed by atoms with Crippen LogP contribution in [0.2, 0.25) is 0 Å². The van der Waals surface area contributed by atoms with Gasteiger partial charge >= 0.3 is 0 Å². The summed E-state index contributed by atoms with van der Waals surface area (Å²) < 4.78 is 5.98. The van der Waals surface area contributed by atoms with Crippen molar-refractivity contribution in [3.05, 3.63) is 0 Å². The Balaban J connectivity index is 1.98. The van der Waals surface area contributed by atoms with E-state index in [1.165, 1.54) is 25.7 Å². The van der Waals surface area contributed by atoms with Crippen LogP contribution in [0.5, 0.6) is 0 Å². The van der Waals surface area contributed by atoms with Gasteiger partial charge in [-0.3, -0.25) is 0 Å². The van der Waals surface area contributed by atoms with Gasteiger partial charge in [-0.05, 0) is 31.6 Å². The predicted molar refractivity (Wildman–Crippen MR) is 62.9 cm³/mol. The number of hydrogen-bond acceptors (Lipinski definition) is 2. The SMILES string of the molecule is CCC1(CNC(C)C)CCOC1C1CC1. The largest absolute Gasteiger partial charge is 0.377 e. The maximum Gasteiger partial charge on any atom is 0.0672 e. The normalized spacial score (nSPS) is 36.4. The fourth-order valence-corrected chi connectivity index (χ4v) is 2.84. The summed E-state index contributed by atoms with van der Waals surface area (Å²) in [7, 11) is 0. The van der Waals surface area contributed by atoms with Crippen LogP contribution in [0.15, 0.2) is 0 Å². The van der Waals surface area contributed by atoms with Crippen LogP contribution in [0.4, 0.5) is 0 Å². The fraction of sp³-hybridized carbons (Fsp3) is 1.00. The van der Waals surface area contributed by atoms with Crippen LogP contribution in [0, 0.1) is 11.3 Å². The zero-order valence-electron chi connectivity index (χ0n) is 10.4. The van der Waals surface area contributed by atoms with Crippen molar-refractivity contribution in [1.82, 2.24) is 5.32 Å². The molecule has 0 spiro atoms. The molecule has 1 N–H and O–H groups in total. The van der Waals surface area contributed by atoms with Gasteiger partial charge in [0.25, 0.3) is 0 Å². The second kappa shape index (κ2) is 4.42. The van der Waals surface area contributed by atoms with Crippen LogP contribution in [0.25, 0.3) is 0 Å². The molecule has 1 heterocycles. The Morgan fingerprint density at radius 2 is 2.13 bits per heavy atom. The van der Waals surface area contributed by atoms with E-state index in [4.69, 9.17) is 4.74 Å². The van der Waals surface area contributed by atoms with Gasteiger partial charge in [0.15, 0.2) is 0 Å². The molecule has 88 valence electrons. The molecule has 2 heteroatoms. The lowest BCUT2D eigenvalue weighted by molar-refractivity contribution is 0.0280. The molecule has 1 aliphatic heterocycles. The first-order valence-electron chi connectivity index (χ1n) is 6.53. The second-order valence-corrected chi connectivity index (χ2v) is 5.63. The highest BCUT2D eigenvalue weighted by Crippen LogP contribution is 2.49. The quantitative estimate of drug-likeness (QED) is 0.754. The first-order valence-corrected chi connectivity index (χ1v) is 6.53. The third-order valence-corrected chi connectivity index (χ3v) is 4.12. The number of rotatable bonds is 5. The molecule has 15 heavy (non-hydrogen) atoms. The van der Waals surface area contributed by atoms with E-state index in [-0.39, 0.29) is 0 Å². The standard InChI is InChI=1S/C13H25NO/c1-4-13(9-14-10(2)3)7-8-15-12(13)11-5-6-11/h10-12,14H,4-9H2,1-3H3. The van der Waals surface area contributed by atoms with E-state index in [2.05, 4.69) is 26.1 Å². The van der Waals surface area contributed by atoms with Crippen molar-refractivity contribution < 1.29 is 4.74 Å². The maximum absolute atomic E-state index is 5.98. The Morgan fingerprint density at radius 1 is 1.40 bits per heavy atom. The van der Waals surface area contributed by atoms with Gasteiger partial charge < -0.3 is 10.1 Å². The van der Waals surface area contributed by atoms with E-state index in [1.807, 2.05) is 0 Å². The van der Waals surface area contributed by atoms with Crippen molar-refractivity contribution in [3.8, 4) is 0 Å². The Morgan fingerprint density at radius 3 is 2.67 bits per heavy atom. The summed E-state index contributed by atoms with van der Waals surface area (Å²) in [5, 5.41) is 3.61. The summed E-state index contributed by atoms with van der Waals surface area (Å²) in [6.07, 6.45) is 5.86. The van der Waals surface area contributed by atoms with Gasteiger partial charge in [-0.25, -0.2) is 0 Å². The number of hydrogen-bond donors (Lipinski definition) is 1. The molecule has 2 fully saturated rings. The maximum atomic E-state index is 5.98. The molecule has 0 radical (unpaired) electrons. The monoisotopic (exact) mass is 211 g/mol. The topological polar surface area (TPSA) is 21.3 Å². The fourth-order valence-electron chi connectivity index (χ4n) is 2.84. The van der Waals surface area contributed by atoms with Gasteiger partial charge in [0.05, 0.1) is 6.10 Å². The summed E-state index contributed by atoms with van der Waals surface area (Å²) >= 11 is 0. The van der Waals surface area contributed by atoms with Gasteiger partial charge in [0.2, 0.25) is 0 Å². The van der Waals surface area contributed by atoms with E-state index in [0.29, 0.717) is 17.6 Å². The zero-order valence-corrected chi connectivity index (χ0v) is 10.4. The van der Waals surface area contributed by atoms with Crippen LogP contribution in [0.1, 0.15) is 46.5 Å². The van der Waals surface area contributed by atoms with Crippen LogP contribution >= 0.6 is 0 Å². The molecule has 2 rings (SSSR count). The van der Waals surface area contributed by atoms with Gasteiger partial charge in [-0.2, -0.15) is 0 Å². The van der Waals surface area contributed by atoms with Crippen molar-refractivity contribution in [1.29, 1.82) is 0 Å². The molecular weight excluding hydrogens is 186 g/mol. The molecule has 2 atom stereocenters. The van der Waals surface area contributed by atoms with Crippen molar-refractivity contribution in [3.63, 3.8) is 0 Å². The summed E-state index contributed by atoms with van der Waals surface area (Å²) in [4.78, 5) is 0. The van der Waals surface area contributed by atoms with E-state index in [9.17, 15) is 0 Å². The Kier molecular flexibility index (Phi) is 3.36. The number of ether oxygens (including phenoxy) is 1. The average Bonchev–Trinajstić information content (AvgIpc) is 2.97. The molecule has 1 saturated heterocycles. The molecule has 0 amide bonds. The molecule has 2 unspecified atom stereocenters. The van der Waals surface area contributed by atoms with E-state index < -0.39 is 0 Å². The Bertz CT molecular complexity index is 213. The van der Waals surface area contributed by atoms with Crippen LogP contribution in [-0.4, -0.2) is 25.3 Å². The highest BCUT2D eigenvalue weighted by molar-refractivity contribution is 5.00.